The molecule has 4 aliphatic carbocycles. The lowest BCUT2D eigenvalue weighted by Crippen LogP contribution is -2.51. The van der Waals surface area contributed by atoms with Crippen LogP contribution in [0.4, 0.5) is 0 Å². The number of fused-ring (bicyclic) bond motifs is 5. The average molecular weight is 478 g/mol. The summed E-state index contributed by atoms with van der Waals surface area (Å²) >= 11 is 0. The van der Waals surface area contributed by atoms with Crippen LogP contribution < -0.4 is 0 Å². The van der Waals surface area contributed by atoms with E-state index in [2.05, 4.69) is 64.4 Å². The van der Waals surface area contributed by atoms with Gasteiger partial charge in [-0.1, -0.05) is 30.7 Å². The summed E-state index contributed by atoms with van der Waals surface area (Å²) in [5.74, 6) is 2.15. The van der Waals surface area contributed by atoms with Crippen molar-refractivity contribution >= 4 is 22.3 Å². The molecule has 4 rings (SSSR count). The van der Waals surface area contributed by atoms with Gasteiger partial charge in [0.2, 0.25) is 0 Å². The van der Waals surface area contributed by atoms with Crippen molar-refractivity contribution in [3.8, 4) is 0 Å². The lowest BCUT2D eigenvalue weighted by atomic mass is 9.48. The summed E-state index contributed by atoms with van der Waals surface area (Å²) in [5, 5.41) is 4.61. The second kappa shape index (κ2) is 8.35. The van der Waals surface area contributed by atoms with E-state index in [1.54, 1.807) is 12.7 Å². The Kier molecular flexibility index (Phi) is 6.44. The zero-order chi connectivity index (χ0) is 23.5. The molecule has 0 N–H and O–H groups in total. The Hall–Kier alpha value is -0.436. The largest absolute Gasteiger partial charge is 0.414 e. The summed E-state index contributed by atoms with van der Waals surface area (Å²) in [6.07, 6.45) is 11.7. The minimum atomic E-state index is -1.66. The van der Waals surface area contributed by atoms with E-state index in [0.29, 0.717) is 17.4 Å². The zero-order valence-electron chi connectivity index (χ0n) is 22.1. The molecule has 0 amide bonds. The van der Waals surface area contributed by atoms with Crippen LogP contribution in [0.25, 0.3) is 0 Å². The maximum atomic E-state index is 6.69. The molecular weight excluding hydrogens is 430 g/mol. The molecule has 0 bridgehead atoms. The Balaban J connectivity index is 1.60. The van der Waals surface area contributed by atoms with Crippen LogP contribution >= 0.6 is 0 Å². The normalized spacial score (nSPS) is 43.3. The first-order chi connectivity index (χ1) is 14.8. The standard InChI is InChI=1S/C26H47NO3Si2/c1-25-14-12-19(29-31(4,5)6)16-18(25)10-11-20-21(25)13-15-26(2)22(20)17-23(24(26)27-28-3)30-32(7,8)9/h10,19-23H,11-17H2,1-9H3/b27-24-/t19-,20?,21?,22?,23+,25-,26-/m0/s1. The van der Waals surface area contributed by atoms with Crippen molar-refractivity contribution in [2.24, 2.45) is 33.7 Å². The zero-order valence-corrected chi connectivity index (χ0v) is 24.1. The third-order valence-corrected chi connectivity index (χ3v) is 11.0. The van der Waals surface area contributed by atoms with Gasteiger partial charge in [0.15, 0.2) is 16.6 Å². The molecule has 4 nitrogen and oxygen atoms in total. The SMILES string of the molecule is CO/N=C1/[C@H](O[Si](C)(C)C)CC2C3CC=C4C[C@@H](O[Si](C)(C)C)CC[C@]4(C)C3CC[C@]12C. The lowest BCUT2D eigenvalue weighted by Gasteiger charge is -2.57. The lowest BCUT2D eigenvalue weighted by molar-refractivity contribution is -0.0215. The number of oxime groups is 1. The first-order valence-electron chi connectivity index (χ1n) is 12.9. The Morgan fingerprint density at radius 1 is 0.906 bits per heavy atom. The van der Waals surface area contributed by atoms with Crippen LogP contribution in [-0.2, 0) is 13.7 Å². The second-order valence-corrected chi connectivity index (χ2v) is 22.3. The van der Waals surface area contributed by atoms with Gasteiger partial charge in [-0.3, -0.25) is 0 Å². The fourth-order valence-corrected chi connectivity index (χ4v) is 10.1. The van der Waals surface area contributed by atoms with Gasteiger partial charge in [-0.25, -0.2) is 0 Å². The number of nitrogens with zero attached hydrogens (tertiary/aromatic N) is 1. The van der Waals surface area contributed by atoms with Gasteiger partial charge in [0.25, 0.3) is 0 Å². The van der Waals surface area contributed by atoms with Gasteiger partial charge in [0.1, 0.15) is 7.11 Å². The Morgan fingerprint density at radius 3 is 2.19 bits per heavy atom. The van der Waals surface area contributed by atoms with E-state index in [1.165, 1.54) is 37.8 Å². The van der Waals surface area contributed by atoms with Crippen molar-refractivity contribution in [3.05, 3.63) is 11.6 Å². The van der Waals surface area contributed by atoms with E-state index in [4.69, 9.17) is 13.7 Å². The molecule has 3 unspecified atom stereocenters. The van der Waals surface area contributed by atoms with Gasteiger partial charge < -0.3 is 13.7 Å². The number of allylic oxidation sites excluding steroid dienone is 1. The van der Waals surface area contributed by atoms with Crippen LogP contribution in [0.2, 0.25) is 39.3 Å². The molecule has 7 atom stereocenters. The molecule has 0 aliphatic heterocycles. The second-order valence-electron chi connectivity index (χ2n) is 13.4. The highest BCUT2D eigenvalue weighted by atomic mass is 28.4. The maximum absolute atomic E-state index is 6.69. The van der Waals surface area contributed by atoms with Crippen LogP contribution in [-0.4, -0.2) is 41.7 Å². The third-order valence-electron chi connectivity index (χ3n) is 9.01. The molecule has 0 aromatic rings. The highest BCUT2D eigenvalue weighted by Crippen LogP contribution is 2.64. The van der Waals surface area contributed by atoms with Gasteiger partial charge in [-0.15, -0.1) is 0 Å². The van der Waals surface area contributed by atoms with Gasteiger partial charge in [-0.2, -0.15) is 0 Å². The fourth-order valence-electron chi connectivity index (χ4n) is 7.80. The van der Waals surface area contributed by atoms with E-state index in [0.717, 1.165) is 24.7 Å². The molecule has 0 aromatic carbocycles. The molecule has 0 aromatic heterocycles. The van der Waals surface area contributed by atoms with Gasteiger partial charge in [0, 0.05) is 11.5 Å². The predicted molar refractivity (Wildman–Crippen MR) is 138 cm³/mol. The molecule has 6 heteroatoms. The predicted octanol–water partition coefficient (Wildman–Crippen LogP) is 7.00. The molecular formula is C26H47NO3Si2. The average Bonchev–Trinajstić information content (AvgIpc) is 2.92. The van der Waals surface area contributed by atoms with Crippen LogP contribution in [0.5, 0.6) is 0 Å². The number of hydrogen-bond acceptors (Lipinski definition) is 4. The molecule has 4 aliphatic rings. The minimum absolute atomic E-state index is 0.112. The topological polar surface area (TPSA) is 40.0 Å². The molecule has 0 saturated heterocycles. The molecule has 0 spiro atoms. The highest BCUT2D eigenvalue weighted by molar-refractivity contribution is 6.70. The van der Waals surface area contributed by atoms with Crippen molar-refractivity contribution in [2.45, 2.75) is 110 Å². The van der Waals surface area contributed by atoms with Crippen molar-refractivity contribution in [1.82, 2.24) is 0 Å². The molecule has 182 valence electrons. The molecule has 0 heterocycles. The first kappa shape index (κ1) is 24.7. The third kappa shape index (κ3) is 4.46. The van der Waals surface area contributed by atoms with Crippen LogP contribution in [0, 0.1) is 28.6 Å². The van der Waals surface area contributed by atoms with Gasteiger partial charge in [0.05, 0.1) is 11.8 Å². The monoisotopic (exact) mass is 477 g/mol. The van der Waals surface area contributed by atoms with Crippen molar-refractivity contribution in [2.75, 3.05) is 7.11 Å². The summed E-state index contributed by atoms with van der Waals surface area (Å²) in [7, 11) is -1.46. The highest BCUT2D eigenvalue weighted by Gasteiger charge is 2.61. The van der Waals surface area contributed by atoms with E-state index >= 15 is 0 Å². The summed E-state index contributed by atoms with van der Waals surface area (Å²) in [6, 6.07) is 0. The molecule has 0 radical (unpaired) electrons. The van der Waals surface area contributed by atoms with Gasteiger partial charge in [-0.05, 0) is 107 Å². The smallest absolute Gasteiger partial charge is 0.184 e. The van der Waals surface area contributed by atoms with E-state index < -0.39 is 16.6 Å². The molecule has 3 saturated carbocycles. The Labute approximate surface area is 198 Å². The van der Waals surface area contributed by atoms with Crippen molar-refractivity contribution in [1.29, 1.82) is 0 Å². The van der Waals surface area contributed by atoms with E-state index in [1.807, 2.05) is 0 Å². The summed E-state index contributed by atoms with van der Waals surface area (Å²) < 4.78 is 13.2. The summed E-state index contributed by atoms with van der Waals surface area (Å²) in [4.78, 5) is 5.38. The van der Waals surface area contributed by atoms with Crippen LogP contribution in [0.3, 0.4) is 0 Å². The maximum Gasteiger partial charge on any atom is 0.184 e. The van der Waals surface area contributed by atoms with Crippen molar-refractivity contribution < 1.29 is 13.7 Å². The first-order valence-corrected chi connectivity index (χ1v) is 19.8. The minimum Gasteiger partial charge on any atom is -0.414 e. The summed E-state index contributed by atoms with van der Waals surface area (Å²) in [6.45, 7) is 18.9. The fraction of sp³-hybridized carbons (Fsp3) is 0.885. The number of rotatable bonds is 5. The van der Waals surface area contributed by atoms with Crippen LogP contribution in [0.15, 0.2) is 16.8 Å². The van der Waals surface area contributed by atoms with Crippen LogP contribution in [0.1, 0.15) is 58.8 Å². The Bertz CT molecular complexity index is 783. The Morgan fingerprint density at radius 2 is 1.56 bits per heavy atom. The molecule has 32 heavy (non-hydrogen) atoms. The number of hydrogen-bond donors (Lipinski definition) is 0. The molecule has 3 fully saturated rings. The summed E-state index contributed by atoms with van der Waals surface area (Å²) in [5.41, 5.74) is 3.36. The van der Waals surface area contributed by atoms with E-state index in [9.17, 15) is 0 Å². The van der Waals surface area contributed by atoms with E-state index in [-0.39, 0.29) is 11.5 Å². The van der Waals surface area contributed by atoms with Gasteiger partial charge >= 0.3 is 0 Å². The quantitative estimate of drug-likeness (QED) is 0.243. The van der Waals surface area contributed by atoms with Crippen molar-refractivity contribution in [3.63, 3.8) is 0 Å².